The molecule has 1 aliphatic rings. The molecule has 0 aromatic heterocycles. The Hall–Kier alpha value is -1.37. The van der Waals surface area contributed by atoms with Crippen molar-refractivity contribution < 1.29 is 18.7 Å². The van der Waals surface area contributed by atoms with Gasteiger partial charge in [0.25, 0.3) is 0 Å². The van der Waals surface area contributed by atoms with Crippen LogP contribution < -0.4 is 0 Å². The summed E-state index contributed by atoms with van der Waals surface area (Å²) in [5.41, 5.74) is 0.986. The highest BCUT2D eigenvalue weighted by Gasteiger charge is 2.67. The molecule has 2 rings (SSSR count). The Bertz CT molecular complexity index is 572. The summed E-state index contributed by atoms with van der Waals surface area (Å²) in [4.78, 5) is 14.2. The maximum atomic E-state index is 12.5. The number of carbonyl (C=O) groups excluding carboxylic acids is 1. The molecule has 5 nitrogen and oxygen atoms in total. The fourth-order valence-corrected chi connectivity index (χ4v) is 4.91. The molecular formula is C18H29NO4Si. The van der Waals surface area contributed by atoms with Crippen molar-refractivity contribution in [2.24, 2.45) is 5.92 Å². The summed E-state index contributed by atoms with van der Waals surface area (Å²) in [6, 6.07) is 9.35. The summed E-state index contributed by atoms with van der Waals surface area (Å²) in [7, 11) is 1.15. The van der Waals surface area contributed by atoms with Crippen molar-refractivity contribution in [3.05, 3.63) is 35.9 Å². The summed E-state index contributed by atoms with van der Waals surface area (Å²) in [6.45, 7) is 10.5. The van der Waals surface area contributed by atoms with Crippen molar-refractivity contribution in [2.45, 2.75) is 51.4 Å². The number of benzene rings is 1. The van der Waals surface area contributed by atoms with Gasteiger partial charge in [0.05, 0.1) is 13.2 Å². The maximum Gasteiger partial charge on any atom is 0.410 e. The van der Waals surface area contributed by atoms with Crippen LogP contribution in [-0.4, -0.2) is 45.4 Å². The average Bonchev–Trinajstić information content (AvgIpc) is 2.49. The van der Waals surface area contributed by atoms with Crippen LogP contribution >= 0.6 is 0 Å². The Labute approximate surface area is 146 Å². The van der Waals surface area contributed by atoms with Crippen molar-refractivity contribution in [1.82, 2.24) is 4.90 Å². The van der Waals surface area contributed by atoms with Crippen LogP contribution in [0.3, 0.4) is 0 Å². The van der Waals surface area contributed by atoms with Gasteiger partial charge < -0.3 is 13.9 Å². The minimum atomic E-state index is -1.92. The van der Waals surface area contributed by atoms with E-state index < -0.39 is 14.1 Å². The third-order valence-corrected chi connectivity index (χ3v) is 5.22. The van der Waals surface area contributed by atoms with Crippen molar-refractivity contribution in [3.8, 4) is 0 Å². The van der Waals surface area contributed by atoms with Gasteiger partial charge in [-0.05, 0) is 31.1 Å². The predicted octanol–water partition coefficient (Wildman–Crippen LogP) is 4.03. The van der Waals surface area contributed by atoms with Gasteiger partial charge in [-0.3, -0.25) is 4.90 Å². The third-order valence-electron chi connectivity index (χ3n) is 4.29. The van der Waals surface area contributed by atoms with Gasteiger partial charge in [-0.2, -0.15) is 0 Å². The summed E-state index contributed by atoms with van der Waals surface area (Å²) >= 11 is 0. The second-order valence-electron chi connectivity index (χ2n) is 7.52. The first-order valence-electron chi connectivity index (χ1n) is 8.34. The third kappa shape index (κ3) is 3.23. The largest absolute Gasteiger partial charge is 0.453 e. The van der Waals surface area contributed by atoms with Crippen LogP contribution in [0.2, 0.25) is 19.6 Å². The standard InChI is InChI=1S/C18H29NO4Si/c1-13(2)15-18(22-4,23-24(5,6)7)16(19(15)17(20)21-3)14-11-9-8-10-12-14/h8-13,15-16H,1-7H3/t15-,16+,18+/m0/s1. The van der Waals surface area contributed by atoms with E-state index in [0.717, 1.165) is 5.56 Å². The second-order valence-corrected chi connectivity index (χ2v) is 11.9. The Morgan fingerprint density at radius 3 is 2.17 bits per heavy atom. The number of hydrogen-bond acceptors (Lipinski definition) is 4. The van der Waals surface area contributed by atoms with Gasteiger partial charge in [-0.15, -0.1) is 0 Å². The summed E-state index contributed by atoms with van der Waals surface area (Å²) in [5, 5.41) is 0. The van der Waals surface area contributed by atoms with Gasteiger partial charge in [0.2, 0.25) is 5.79 Å². The lowest BCUT2D eigenvalue weighted by atomic mass is 9.75. The van der Waals surface area contributed by atoms with E-state index >= 15 is 0 Å². The quantitative estimate of drug-likeness (QED) is 0.594. The number of ether oxygens (including phenoxy) is 2. The molecule has 6 heteroatoms. The molecule has 0 unspecified atom stereocenters. The van der Waals surface area contributed by atoms with E-state index in [0.29, 0.717) is 0 Å². The number of amides is 1. The van der Waals surface area contributed by atoms with Crippen LogP contribution in [0, 0.1) is 5.92 Å². The van der Waals surface area contributed by atoms with E-state index in [9.17, 15) is 4.79 Å². The van der Waals surface area contributed by atoms with Crippen molar-refractivity contribution in [3.63, 3.8) is 0 Å². The molecule has 1 fully saturated rings. The van der Waals surface area contributed by atoms with Crippen LogP contribution in [-0.2, 0) is 13.9 Å². The Morgan fingerprint density at radius 2 is 1.75 bits per heavy atom. The van der Waals surface area contributed by atoms with Gasteiger partial charge in [0.1, 0.15) is 6.04 Å². The molecule has 0 saturated carbocycles. The summed E-state index contributed by atoms with van der Waals surface area (Å²) in [5.74, 6) is -0.686. The van der Waals surface area contributed by atoms with E-state index in [1.165, 1.54) is 7.11 Å². The van der Waals surface area contributed by atoms with Crippen molar-refractivity contribution in [2.75, 3.05) is 14.2 Å². The molecule has 0 bridgehead atoms. The fraction of sp³-hybridized carbons (Fsp3) is 0.611. The zero-order chi connectivity index (χ0) is 18.1. The first-order valence-corrected chi connectivity index (χ1v) is 11.8. The molecule has 3 atom stereocenters. The van der Waals surface area contributed by atoms with Gasteiger partial charge in [-0.25, -0.2) is 4.79 Å². The molecule has 1 aromatic rings. The molecule has 0 spiro atoms. The van der Waals surface area contributed by atoms with Gasteiger partial charge in [0, 0.05) is 7.11 Å². The minimum Gasteiger partial charge on any atom is -0.453 e. The molecule has 1 aliphatic heterocycles. The smallest absolute Gasteiger partial charge is 0.410 e. The van der Waals surface area contributed by atoms with E-state index in [1.807, 2.05) is 30.3 Å². The molecule has 134 valence electrons. The molecule has 1 amide bonds. The second kappa shape index (κ2) is 6.86. The van der Waals surface area contributed by atoms with E-state index in [1.54, 1.807) is 12.0 Å². The number of methoxy groups -OCH3 is 2. The lowest BCUT2D eigenvalue weighted by Gasteiger charge is -2.63. The first-order chi connectivity index (χ1) is 11.2. The molecule has 0 N–H and O–H groups in total. The number of likely N-dealkylation sites (tertiary alicyclic amines) is 1. The van der Waals surface area contributed by atoms with E-state index in [4.69, 9.17) is 13.9 Å². The van der Waals surface area contributed by atoms with Gasteiger partial charge in [0.15, 0.2) is 8.32 Å². The minimum absolute atomic E-state index is 0.167. The Morgan fingerprint density at radius 1 is 1.17 bits per heavy atom. The van der Waals surface area contributed by atoms with Crippen LogP contribution in [0.15, 0.2) is 30.3 Å². The molecule has 1 saturated heterocycles. The normalized spacial score (nSPS) is 27.1. The SMILES string of the molecule is COC(=O)N1[C@@H](C(C)C)[C@@](OC)(O[Si](C)(C)C)[C@H]1c1ccccc1. The van der Waals surface area contributed by atoms with Crippen LogP contribution in [0.5, 0.6) is 0 Å². The molecule has 0 radical (unpaired) electrons. The topological polar surface area (TPSA) is 48.0 Å². The summed E-state index contributed by atoms with van der Waals surface area (Å²) < 4.78 is 17.6. The van der Waals surface area contributed by atoms with Gasteiger partial charge in [-0.1, -0.05) is 44.2 Å². The highest BCUT2D eigenvalue weighted by molar-refractivity contribution is 6.69. The van der Waals surface area contributed by atoms with Crippen LogP contribution in [0.1, 0.15) is 25.5 Å². The predicted molar refractivity (Wildman–Crippen MR) is 96.2 cm³/mol. The van der Waals surface area contributed by atoms with E-state index in [-0.39, 0.29) is 24.1 Å². The zero-order valence-corrected chi connectivity index (χ0v) is 16.7. The lowest BCUT2D eigenvalue weighted by Crippen LogP contribution is -2.77. The van der Waals surface area contributed by atoms with Crippen LogP contribution in [0.25, 0.3) is 0 Å². The highest BCUT2D eigenvalue weighted by Crippen LogP contribution is 2.54. The molecule has 0 aliphatic carbocycles. The highest BCUT2D eigenvalue weighted by atomic mass is 28.4. The fourth-order valence-electron chi connectivity index (χ4n) is 3.64. The lowest BCUT2D eigenvalue weighted by molar-refractivity contribution is -0.321. The number of hydrogen-bond donors (Lipinski definition) is 0. The number of rotatable bonds is 5. The molecule has 24 heavy (non-hydrogen) atoms. The van der Waals surface area contributed by atoms with Crippen molar-refractivity contribution in [1.29, 1.82) is 0 Å². The Kier molecular flexibility index (Phi) is 5.42. The van der Waals surface area contributed by atoms with E-state index in [2.05, 4.69) is 33.5 Å². The maximum absolute atomic E-state index is 12.5. The summed E-state index contributed by atoms with van der Waals surface area (Å²) in [6.07, 6.45) is -0.352. The number of nitrogens with zero attached hydrogens (tertiary/aromatic N) is 1. The molecule has 1 heterocycles. The zero-order valence-electron chi connectivity index (χ0n) is 15.7. The average molecular weight is 352 g/mol. The first kappa shape index (κ1) is 19.0. The number of carbonyl (C=O) groups is 1. The Balaban J connectivity index is 2.56. The van der Waals surface area contributed by atoms with Crippen LogP contribution in [0.4, 0.5) is 4.79 Å². The monoisotopic (exact) mass is 351 g/mol. The molecule has 1 aromatic carbocycles. The molecular weight excluding hydrogens is 322 g/mol. The van der Waals surface area contributed by atoms with Crippen molar-refractivity contribution >= 4 is 14.4 Å². The van der Waals surface area contributed by atoms with Gasteiger partial charge >= 0.3 is 6.09 Å².